The number of rotatable bonds is 5. The molecule has 116 valence electrons. The summed E-state index contributed by atoms with van der Waals surface area (Å²) >= 11 is 1.53. The van der Waals surface area contributed by atoms with Crippen molar-refractivity contribution in [2.24, 2.45) is 0 Å². The number of nitrogens with one attached hydrogen (secondary N) is 2. The summed E-state index contributed by atoms with van der Waals surface area (Å²) in [5, 5.41) is 0.715. The third kappa shape index (κ3) is 5.13. The van der Waals surface area contributed by atoms with Gasteiger partial charge in [0.2, 0.25) is 0 Å². The number of hydrazine groups is 1. The van der Waals surface area contributed by atoms with Crippen molar-refractivity contribution in [1.29, 1.82) is 0 Å². The molecule has 0 aromatic carbocycles. The van der Waals surface area contributed by atoms with Crippen LogP contribution in [0.3, 0.4) is 0 Å². The lowest BCUT2D eigenvalue weighted by molar-refractivity contribution is 0.0910. The molecule has 0 saturated heterocycles. The number of carbonyl (C=O) groups is 1. The van der Waals surface area contributed by atoms with Gasteiger partial charge in [-0.15, -0.1) is 11.8 Å². The molecule has 0 unspecified atom stereocenters. The standard InChI is InChI=1S/C16H20N4OS/c1-16(2,3)20-19-14(21)13-5-4-8-18-15(13)22-11-12-6-9-17-10-7-12/h4-10,20H,11H2,1-3H3,(H,19,21). The summed E-state index contributed by atoms with van der Waals surface area (Å²) in [7, 11) is 0. The van der Waals surface area contributed by atoms with Crippen LogP contribution in [0.25, 0.3) is 0 Å². The number of thioether (sulfide) groups is 1. The van der Waals surface area contributed by atoms with Crippen molar-refractivity contribution in [3.8, 4) is 0 Å². The lowest BCUT2D eigenvalue weighted by Crippen LogP contribution is -2.48. The minimum Gasteiger partial charge on any atom is -0.287 e. The van der Waals surface area contributed by atoms with Crippen molar-refractivity contribution in [2.75, 3.05) is 0 Å². The van der Waals surface area contributed by atoms with Crippen LogP contribution in [0.5, 0.6) is 0 Å². The second-order valence-electron chi connectivity index (χ2n) is 5.83. The minimum atomic E-state index is -0.192. The zero-order valence-corrected chi connectivity index (χ0v) is 13.8. The molecule has 0 atom stereocenters. The van der Waals surface area contributed by atoms with Gasteiger partial charge in [0.1, 0.15) is 5.03 Å². The molecule has 2 rings (SSSR count). The van der Waals surface area contributed by atoms with Crippen molar-refractivity contribution in [3.05, 3.63) is 54.0 Å². The van der Waals surface area contributed by atoms with Crippen LogP contribution in [0, 0.1) is 0 Å². The van der Waals surface area contributed by atoms with Crippen LogP contribution < -0.4 is 10.9 Å². The van der Waals surface area contributed by atoms with E-state index in [9.17, 15) is 4.79 Å². The second kappa shape index (κ2) is 7.38. The Hall–Kier alpha value is -1.92. The van der Waals surface area contributed by atoms with Gasteiger partial charge >= 0.3 is 0 Å². The predicted octanol–water partition coefficient (Wildman–Crippen LogP) is 2.80. The SMILES string of the molecule is CC(C)(C)NNC(=O)c1cccnc1SCc1ccncc1. The van der Waals surface area contributed by atoms with Gasteiger partial charge in [-0.1, -0.05) is 0 Å². The van der Waals surface area contributed by atoms with Gasteiger partial charge in [0, 0.05) is 29.9 Å². The van der Waals surface area contributed by atoms with E-state index in [0.717, 1.165) is 11.3 Å². The average Bonchev–Trinajstić information content (AvgIpc) is 2.51. The highest BCUT2D eigenvalue weighted by molar-refractivity contribution is 7.98. The van der Waals surface area contributed by atoms with Crippen molar-refractivity contribution in [3.63, 3.8) is 0 Å². The fourth-order valence-corrected chi connectivity index (χ4v) is 2.57. The first-order valence-corrected chi connectivity index (χ1v) is 7.98. The van der Waals surface area contributed by atoms with E-state index in [1.807, 2.05) is 32.9 Å². The third-order valence-electron chi connectivity index (χ3n) is 2.69. The Morgan fingerprint density at radius 3 is 2.59 bits per heavy atom. The number of nitrogens with zero attached hydrogens (tertiary/aromatic N) is 2. The van der Waals surface area contributed by atoms with Gasteiger partial charge in [0.15, 0.2) is 0 Å². The van der Waals surface area contributed by atoms with Gasteiger partial charge in [0.25, 0.3) is 5.91 Å². The van der Waals surface area contributed by atoms with Gasteiger partial charge in [-0.25, -0.2) is 10.4 Å². The smallest absolute Gasteiger partial charge is 0.268 e. The highest BCUT2D eigenvalue weighted by Gasteiger charge is 2.15. The summed E-state index contributed by atoms with van der Waals surface area (Å²) < 4.78 is 0. The molecular formula is C16H20N4OS. The molecule has 0 bridgehead atoms. The first kappa shape index (κ1) is 16.5. The van der Waals surface area contributed by atoms with E-state index in [1.165, 1.54) is 11.8 Å². The summed E-state index contributed by atoms with van der Waals surface area (Å²) in [6.45, 7) is 5.95. The Bertz CT molecular complexity index is 626. The molecule has 1 amide bonds. The van der Waals surface area contributed by atoms with E-state index in [1.54, 1.807) is 30.7 Å². The summed E-state index contributed by atoms with van der Waals surface area (Å²) in [6.07, 6.45) is 5.22. The fourth-order valence-electron chi connectivity index (χ4n) is 1.62. The summed E-state index contributed by atoms with van der Waals surface area (Å²) in [5.74, 6) is 0.562. The third-order valence-corrected chi connectivity index (χ3v) is 3.77. The molecule has 0 saturated carbocycles. The molecule has 2 N–H and O–H groups in total. The van der Waals surface area contributed by atoms with Gasteiger partial charge in [-0.2, -0.15) is 0 Å². The monoisotopic (exact) mass is 316 g/mol. The van der Waals surface area contributed by atoms with Gasteiger partial charge in [-0.05, 0) is 50.6 Å². The Kier molecular flexibility index (Phi) is 5.51. The molecule has 0 aliphatic rings. The zero-order chi connectivity index (χ0) is 16.0. The molecule has 22 heavy (non-hydrogen) atoms. The zero-order valence-electron chi connectivity index (χ0n) is 13.0. The van der Waals surface area contributed by atoms with Crippen molar-refractivity contribution < 1.29 is 4.79 Å². The van der Waals surface area contributed by atoms with Crippen LogP contribution >= 0.6 is 11.8 Å². The molecule has 5 nitrogen and oxygen atoms in total. The lowest BCUT2D eigenvalue weighted by atomic mass is 10.1. The highest BCUT2D eigenvalue weighted by Crippen LogP contribution is 2.23. The maximum Gasteiger partial charge on any atom is 0.268 e. The number of hydrogen-bond acceptors (Lipinski definition) is 5. The topological polar surface area (TPSA) is 66.9 Å². The van der Waals surface area contributed by atoms with Gasteiger partial charge in [-0.3, -0.25) is 15.2 Å². The van der Waals surface area contributed by atoms with Crippen LogP contribution in [0.4, 0.5) is 0 Å². The van der Waals surface area contributed by atoms with Crippen LogP contribution in [0.15, 0.2) is 47.9 Å². The second-order valence-corrected chi connectivity index (χ2v) is 6.79. The molecule has 0 spiro atoms. The van der Waals surface area contributed by atoms with E-state index in [2.05, 4.69) is 20.8 Å². The molecule has 0 radical (unpaired) electrons. The number of carbonyl (C=O) groups excluding carboxylic acids is 1. The van der Waals surface area contributed by atoms with Crippen molar-refractivity contribution in [1.82, 2.24) is 20.8 Å². The average molecular weight is 316 g/mol. The largest absolute Gasteiger partial charge is 0.287 e. The quantitative estimate of drug-likeness (QED) is 0.656. The van der Waals surface area contributed by atoms with E-state index in [-0.39, 0.29) is 11.4 Å². The Balaban J connectivity index is 2.05. The van der Waals surface area contributed by atoms with Crippen LogP contribution in [-0.4, -0.2) is 21.4 Å². The summed E-state index contributed by atoms with van der Waals surface area (Å²) in [6, 6.07) is 7.46. The molecular weight excluding hydrogens is 296 g/mol. The Morgan fingerprint density at radius 2 is 1.91 bits per heavy atom. The van der Waals surface area contributed by atoms with E-state index in [4.69, 9.17) is 0 Å². The first-order valence-electron chi connectivity index (χ1n) is 7.00. The Morgan fingerprint density at radius 1 is 1.18 bits per heavy atom. The highest BCUT2D eigenvalue weighted by atomic mass is 32.2. The fraction of sp³-hybridized carbons (Fsp3) is 0.312. The van der Waals surface area contributed by atoms with Gasteiger partial charge < -0.3 is 0 Å². The number of amides is 1. The predicted molar refractivity (Wildman–Crippen MR) is 88.4 cm³/mol. The van der Waals surface area contributed by atoms with E-state index < -0.39 is 0 Å². The number of pyridine rings is 2. The molecule has 2 aromatic heterocycles. The molecule has 0 fully saturated rings. The molecule has 0 aliphatic heterocycles. The molecule has 0 aliphatic carbocycles. The lowest BCUT2D eigenvalue weighted by Gasteiger charge is -2.21. The number of aromatic nitrogens is 2. The molecule has 2 heterocycles. The van der Waals surface area contributed by atoms with Crippen LogP contribution in [0.1, 0.15) is 36.7 Å². The summed E-state index contributed by atoms with van der Waals surface area (Å²) in [5.41, 5.74) is 7.22. The van der Waals surface area contributed by atoms with Gasteiger partial charge in [0.05, 0.1) is 5.56 Å². The van der Waals surface area contributed by atoms with Crippen molar-refractivity contribution >= 4 is 17.7 Å². The van der Waals surface area contributed by atoms with Crippen LogP contribution in [0.2, 0.25) is 0 Å². The first-order chi connectivity index (χ1) is 10.5. The number of hydrogen-bond donors (Lipinski definition) is 2. The van der Waals surface area contributed by atoms with Crippen LogP contribution in [-0.2, 0) is 5.75 Å². The van der Waals surface area contributed by atoms with Crippen molar-refractivity contribution in [2.45, 2.75) is 37.1 Å². The molecule has 2 aromatic rings. The van der Waals surface area contributed by atoms with E-state index >= 15 is 0 Å². The van der Waals surface area contributed by atoms with E-state index in [0.29, 0.717) is 10.6 Å². The maximum absolute atomic E-state index is 12.3. The Labute approximate surface area is 134 Å². The minimum absolute atomic E-state index is 0.180. The molecule has 6 heteroatoms. The maximum atomic E-state index is 12.3. The summed E-state index contributed by atoms with van der Waals surface area (Å²) in [4.78, 5) is 20.6. The normalized spacial score (nSPS) is 11.2.